The van der Waals surface area contributed by atoms with Crippen molar-refractivity contribution in [2.24, 2.45) is 5.92 Å². The molecule has 0 amide bonds. The van der Waals surface area contributed by atoms with Gasteiger partial charge >= 0.3 is 0 Å². The molecule has 21 heavy (non-hydrogen) atoms. The number of rotatable bonds is 4. The average Bonchev–Trinajstić information content (AvgIpc) is 2.98. The molecule has 2 heterocycles. The van der Waals surface area contributed by atoms with E-state index in [4.69, 9.17) is 9.47 Å². The quantitative estimate of drug-likeness (QED) is 0.906. The molecular formula is C17H27NO2S. The first kappa shape index (κ1) is 15.3. The van der Waals surface area contributed by atoms with E-state index in [1.165, 1.54) is 43.4 Å². The van der Waals surface area contributed by atoms with Crippen molar-refractivity contribution >= 4 is 11.3 Å². The van der Waals surface area contributed by atoms with Crippen molar-refractivity contribution in [2.75, 3.05) is 20.8 Å². The lowest BCUT2D eigenvalue weighted by molar-refractivity contribution is -0.121. The van der Waals surface area contributed by atoms with Gasteiger partial charge in [0, 0.05) is 22.9 Å². The van der Waals surface area contributed by atoms with Crippen LogP contribution in [0.1, 0.15) is 55.9 Å². The normalized spacial score (nSPS) is 26.7. The number of thiophene rings is 1. The van der Waals surface area contributed by atoms with E-state index in [-0.39, 0.29) is 5.60 Å². The highest BCUT2D eigenvalue weighted by molar-refractivity contribution is 7.10. The van der Waals surface area contributed by atoms with E-state index in [1.54, 1.807) is 7.11 Å². The molecule has 1 spiro atoms. The van der Waals surface area contributed by atoms with E-state index in [0.29, 0.717) is 12.0 Å². The van der Waals surface area contributed by atoms with Crippen LogP contribution in [0, 0.1) is 5.92 Å². The maximum absolute atomic E-state index is 6.24. The van der Waals surface area contributed by atoms with Crippen LogP contribution < -0.4 is 10.1 Å². The molecule has 2 aliphatic rings. The molecule has 1 aliphatic carbocycles. The molecule has 2 fully saturated rings. The summed E-state index contributed by atoms with van der Waals surface area (Å²) in [5.41, 5.74) is 0.178. The van der Waals surface area contributed by atoms with Gasteiger partial charge in [-0.05, 0) is 44.7 Å². The van der Waals surface area contributed by atoms with E-state index in [1.807, 2.05) is 11.3 Å². The summed E-state index contributed by atoms with van der Waals surface area (Å²) >= 11 is 1.81. The zero-order valence-electron chi connectivity index (χ0n) is 13.2. The first-order chi connectivity index (χ1) is 10.3. The topological polar surface area (TPSA) is 30.5 Å². The fraction of sp³-hybridized carbons (Fsp3) is 0.765. The van der Waals surface area contributed by atoms with Crippen molar-refractivity contribution < 1.29 is 9.47 Å². The van der Waals surface area contributed by atoms with Gasteiger partial charge in [-0.3, -0.25) is 0 Å². The Hall–Kier alpha value is -0.580. The number of ether oxygens (including phenoxy) is 2. The van der Waals surface area contributed by atoms with Crippen molar-refractivity contribution in [1.29, 1.82) is 0 Å². The average molecular weight is 309 g/mol. The molecule has 1 aliphatic heterocycles. The van der Waals surface area contributed by atoms with Crippen molar-refractivity contribution in [3.05, 3.63) is 16.3 Å². The summed E-state index contributed by atoms with van der Waals surface area (Å²) in [6, 6.07) is 2.62. The Labute approximate surface area is 132 Å². The predicted octanol–water partition coefficient (Wildman–Crippen LogP) is 4.15. The Balaban J connectivity index is 1.73. The first-order valence-electron chi connectivity index (χ1n) is 8.20. The summed E-state index contributed by atoms with van der Waals surface area (Å²) in [5.74, 6) is 1.65. The number of hydrogen-bond donors (Lipinski definition) is 1. The van der Waals surface area contributed by atoms with Crippen molar-refractivity contribution in [3.8, 4) is 5.75 Å². The summed E-state index contributed by atoms with van der Waals surface area (Å²) in [6.45, 7) is 0.922. The van der Waals surface area contributed by atoms with Crippen molar-refractivity contribution in [1.82, 2.24) is 5.32 Å². The molecule has 1 aromatic heterocycles. The van der Waals surface area contributed by atoms with Crippen LogP contribution in [0.2, 0.25) is 0 Å². The standard InChI is InChI=1S/C17H27NO2S/c1-18-16(15-10-14(19-2)12-21-15)13-6-9-20-17(11-13)7-4-3-5-8-17/h10,12-13,16,18H,3-9,11H2,1-2H3. The lowest BCUT2D eigenvalue weighted by Gasteiger charge is -2.45. The van der Waals surface area contributed by atoms with E-state index in [9.17, 15) is 0 Å². The molecule has 3 nitrogen and oxygen atoms in total. The van der Waals surface area contributed by atoms with E-state index in [2.05, 4.69) is 23.8 Å². The molecule has 2 atom stereocenters. The van der Waals surface area contributed by atoms with Gasteiger partial charge < -0.3 is 14.8 Å². The minimum Gasteiger partial charge on any atom is -0.496 e. The first-order valence-corrected chi connectivity index (χ1v) is 9.08. The number of hydrogen-bond acceptors (Lipinski definition) is 4. The van der Waals surface area contributed by atoms with Crippen LogP contribution in [0.4, 0.5) is 0 Å². The lowest BCUT2D eigenvalue weighted by atomic mass is 9.74. The van der Waals surface area contributed by atoms with Gasteiger partial charge in [-0.15, -0.1) is 11.3 Å². The molecule has 4 heteroatoms. The molecular weight excluding hydrogens is 282 g/mol. The third kappa shape index (κ3) is 3.27. The second-order valence-electron chi connectivity index (χ2n) is 6.50. The molecule has 0 radical (unpaired) electrons. The molecule has 2 unspecified atom stereocenters. The molecule has 1 N–H and O–H groups in total. The summed E-state index contributed by atoms with van der Waals surface area (Å²) in [5, 5.41) is 5.65. The van der Waals surface area contributed by atoms with E-state index in [0.717, 1.165) is 18.8 Å². The van der Waals surface area contributed by atoms with Crippen molar-refractivity contribution in [3.63, 3.8) is 0 Å². The second kappa shape index (κ2) is 6.67. The van der Waals surface area contributed by atoms with Crippen LogP contribution in [0.15, 0.2) is 11.4 Å². The van der Waals surface area contributed by atoms with Gasteiger partial charge in [-0.2, -0.15) is 0 Å². The van der Waals surface area contributed by atoms with Crippen molar-refractivity contribution in [2.45, 2.75) is 56.6 Å². The van der Waals surface area contributed by atoms with Crippen LogP contribution in [-0.2, 0) is 4.74 Å². The van der Waals surface area contributed by atoms with Gasteiger partial charge in [0.05, 0.1) is 12.7 Å². The van der Waals surface area contributed by atoms with Crippen LogP contribution in [0.5, 0.6) is 5.75 Å². The van der Waals surface area contributed by atoms with E-state index < -0.39 is 0 Å². The summed E-state index contributed by atoms with van der Waals surface area (Å²) < 4.78 is 11.6. The van der Waals surface area contributed by atoms with Gasteiger partial charge in [0.25, 0.3) is 0 Å². The SMILES string of the molecule is CNC(c1cc(OC)cs1)C1CCOC2(CCCCC2)C1. The number of nitrogens with one attached hydrogen (secondary N) is 1. The van der Waals surface area contributed by atoms with Gasteiger partial charge in [-0.1, -0.05) is 19.3 Å². The van der Waals surface area contributed by atoms with Crippen LogP contribution in [0.25, 0.3) is 0 Å². The maximum Gasteiger partial charge on any atom is 0.129 e. The van der Waals surface area contributed by atoms with Crippen LogP contribution in [0.3, 0.4) is 0 Å². The highest BCUT2D eigenvalue weighted by Crippen LogP contribution is 2.45. The smallest absolute Gasteiger partial charge is 0.129 e. The highest BCUT2D eigenvalue weighted by atomic mass is 32.1. The van der Waals surface area contributed by atoms with Crippen LogP contribution in [-0.4, -0.2) is 26.4 Å². The lowest BCUT2D eigenvalue weighted by Crippen LogP contribution is -2.44. The molecule has 0 aromatic carbocycles. The molecule has 1 saturated heterocycles. The predicted molar refractivity (Wildman–Crippen MR) is 87.2 cm³/mol. The molecule has 0 bridgehead atoms. The Morgan fingerprint density at radius 1 is 1.38 bits per heavy atom. The monoisotopic (exact) mass is 309 g/mol. The Kier molecular flexibility index (Phi) is 4.87. The second-order valence-corrected chi connectivity index (χ2v) is 7.44. The summed E-state index contributed by atoms with van der Waals surface area (Å²) in [4.78, 5) is 1.40. The summed E-state index contributed by atoms with van der Waals surface area (Å²) in [6.07, 6.45) is 8.94. The zero-order valence-corrected chi connectivity index (χ0v) is 14.0. The molecule has 118 valence electrons. The van der Waals surface area contributed by atoms with Gasteiger partial charge in [-0.25, -0.2) is 0 Å². The molecule has 3 rings (SSSR count). The Morgan fingerprint density at radius 3 is 2.86 bits per heavy atom. The molecule has 1 saturated carbocycles. The third-order valence-electron chi connectivity index (χ3n) is 5.22. The largest absolute Gasteiger partial charge is 0.496 e. The van der Waals surface area contributed by atoms with Gasteiger partial charge in [0.15, 0.2) is 0 Å². The fourth-order valence-corrected chi connectivity index (χ4v) is 5.17. The van der Waals surface area contributed by atoms with E-state index >= 15 is 0 Å². The Bertz CT molecular complexity index is 448. The van der Waals surface area contributed by atoms with Gasteiger partial charge in [0.2, 0.25) is 0 Å². The molecule has 1 aromatic rings. The van der Waals surface area contributed by atoms with Gasteiger partial charge in [0.1, 0.15) is 5.75 Å². The maximum atomic E-state index is 6.24. The zero-order chi connectivity index (χ0) is 14.7. The Morgan fingerprint density at radius 2 is 2.19 bits per heavy atom. The minimum atomic E-state index is 0.178. The highest BCUT2D eigenvalue weighted by Gasteiger charge is 2.41. The van der Waals surface area contributed by atoms with Crippen LogP contribution >= 0.6 is 11.3 Å². The third-order valence-corrected chi connectivity index (χ3v) is 6.21. The minimum absolute atomic E-state index is 0.178. The number of methoxy groups -OCH3 is 1. The fourth-order valence-electron chi connectivity index (χ4n) is 4.11. The summed E-state index contributed by atoms with van der Waals surface area (Å²) in [7, 11) is 3.82.